The zero-order chi connectivity index (χ0) is 22.2. The number of fused-ring (bicyclic) bond motifs is 1. The molecule has 158 valence electrons. The van der Waals surface area contributed by atoms with Crippen molar-refractivity contribution in [1.29, 1.82) is 0 Å². The molecule has 0 radical (unpaired) electrons. The first-order chi connectivity index (χ1) is 14.1. The molecule has 0 amide bonds. The first-order valence-electron chi connectivity index (χ1n) is 8.14. The van der Waals surface area contributed by atoms with Crippen molar-refractivity contribution in [3.8, 4) is 0 Å². The summed E-state index contributed by atoms with van der Waals surface area (Å²) >= 11 is 5.20. The Morgan fingerprint density at radius 1 is 1.03 bits per heavy atom. The summed E-state index contributed by atoms with van der Waals surface area (Å²) in [7, 11) is 0. The number of hydrogen-bond donors (Lipinski definition) is 8. The van der Waals surface area contributed by atoms with E-state index in [1.54, 1.807) is 0 Å². The number of nitrogens with zero attached hydrogens (tertiary/aromatic N) is 1. The maximum Gasteiger partial charge on any atom is 0.336 e. The number of carboxylic acid groups (broad SMARTS) is 1. The summed E-state index contributed by atoms with van der Waals surface area (Å²) in [6.45, 7) is 0. The number of aromatic carboxylic acids is 1. The molecule has 13 nitrogen and oxygen atoms in total. The van der Waals surface area contributed by atoms with Gasteiger partial charge >= 0.3 is 5.97 Å². The van der Waals surface area contributed by atoms with Crippen LogP contribution in [0.2, 0.25) is 0 Å². The quantitative estimate of drug-likeness (QED) is 0.180. The lowest BCUT2D eigenvalue weighted by molar-refractivity contribution is -0.996. The van der Waals surface area contributed by atoms with Gasteiger partial charge in [0, 0.05) is 24.4 Å². The molecule has 0 aliphatic heterocycles. The minimum atomic E-state index is -1.52. The molecule has 0 bridgehead atoms. The van der Waals surface area contributed by atoms with Gasteiger partial charge in [0.1, 0.15) is 0 Å². The Morgan fingerprint density at radius 3 is 2.27 bits per heavy atom. The Morgan fingerprint density at radius 2 is 1.70 bits per heavy atom. The Kier molecular flexibility index (Phi) is 6.06. The summed E-state index contributed by atoms with van der Waals surface area (Å²) in [5.41, 5.74) is -0.925. The zero-order valence-corrected chi connectivity index (χ0v) is 15.6. The van der Waals surface area contributed by atoms with E-state index in [0.29, 0.717) is 11.0 Å². The van der Waals surface area contributed by atoms with Crippen molar-refractivity contribution < 1.29 is 41.2 Å². The van der Waals surface area contributed by atoms with Crippen molar-refractivity contribution in [1.82, 2.24) is 9.55 Å². The number of benzene rings is 2. The fourth-order valence-corrected chi connectivity index (χ4v) is 3.13. The van der Waals surface area contributed by atoms with Crippen molar-refractivity contribution in [3.05, 3.63) is 61.9 Å². The largest absolute Gasteiger partial charge is 0.595 e. The van der Waals surface area contributed by atoms with E-state index in [1.165, 1.54) is 29.0 Å². The number of nitrogens with one attached hydrogen (secondary N) is 4. The van der Waals surface area contributed by atoms with Gasteiger partial charge in [-0.15, -0.1) is 0 Å². The molecule has 0 saturated heterocycles. The number of aromatic amines is 1. The van der Waals surface area contributed by atoms with E-state index < -0.39 is 38.6 Å². The van der Waals surface area contributed by atoms with E-state index in [4.69, 9.17) is 17.4 Å². The SMILES string of the molecule is O=C(O)c1cc([NH+]([O-])O)cc([NH+]([O-])O)c1/C=C/n1c(=S)[nH]c2ccc([NH+]([O-])O)cc21. The normalized spacial score (nSPS) is 14.9. The molecule has 3 unspecified atom stereocenters. The predicted molar refractivity (Wildman–Crippen MR) is 103 cm³/mol. The van der Waals surface area contributed by atoms with Gasteiger partial charge in [-0.3, -0.25) is 4.57 Å². The fraction of sp³-hybridized carbons (Fsp3) is 0. The molecule has 3 aromatic rings. The predicted octanol–water partition coefficient (Wildman–Crippen LogP) is -0.765. The number of quaternary nitrogens is 3. The third-order valence-electron chi connectivity index (χ3n) is 4.24. The van der Waals surface area contributed by atoms with Crippen LogP contribution in [0.15, 0.2) is 30.3 Å². The summed E-state index contributed by atoms with van der Waals surface area (Å²) in [5.74, 6) is -1.52. The first-order valence-corrected chi connectivity index (χ1v) is 8.54. The van der Waals surface area contributed by atoms with E-state index in [9.17, 15) is 35.9 Å². The van der Waals surface area contributed by atoms with Crippen LogP contribution >= 0.6 is 12.2 Å². The molecule has 0 aliphatic carbocycles. The number of H-pyrrole nitrogens is 1. The Balaban J connectivity index is 2.21. The van der Waals surface area contributed by atoms with Crippen molar-refractivity contribution in [3.63, 3.8) is 0 Å². The average Bonchev–Trinajstić information content (AvgIpc) is 2.99. The van der Waals surface area contributed by atoms with Crippen molar-refractivity contribution >= 4 is 58.6 Å². The molecule has 1 heterocycles. The van der Waals surface area contributed by atoms with Crippen molar-refractivity contribution in [2.75, 3.05) is 0 Å². The van der Waals surface area contributed by atoms with Gasteiger partial charge in [0.2, 0.25) is 0 Å². The number of carbonyl (C=O) groups is 1. The van der Waals surface area contributed by atoms with Gasteiger partial charge in [0.25, 0.3) is 0 Å². The highest BCUT2D eigenvalue weighted by molar-refractivity contribution is 7.71. The van der Waals surface area contributed by atoms with Crippen LogP contribution in [0.25, 0.3) is 23.3 Å². The second-order valence-corrected chi connectivity index (χ2v) is 6.44. The average molecular weight is 437 g/mol. The van der Waals surface area contributed by atoms with Crippen LogP contribution < -0.4 is 15.7 Å². The van der Waals surface area contributed by atoms with Crippen LogP contribution in [-0.2, 0) is 0 Å². The van der Waals surface area contributed by atoms with Crippen LogP contribution in [0.5, 0.6) is 0 Å². The fourth-order valence-electron chi connectivity index (χ4n) is 2.86. The second kappa shape index (κ2) is 8.38. The van der Waals surface area contributed by atoms with Gasteiger partial charge in [-0.05, 0) is 24.4 Å². The van der Waals surface area contributed by atoms with Crippen LogP contribution in [0.1, 0.15) is 15.9 Å². The molecule has 30 heavy (non-hydrogen) atoms. The number of aromatic nitrogens is 2. The zero-order valence-electron chi connectivity index (χ0n) is 14.8. The van der Waals surface area contributed by atoms with E-state index >= 15 is 0 Å². The van der Waals surface area contributed by atoms with Crippen molar-refractivity contribution in [2.24, 2.45) is 0 Å². The van der Waals surface area contributed by atoms with E-state index in [0.717, 1.165) is 18.2 Å². The molecule has 3 atom stereocenters. The van der Waals surface area contributed by atoms with E-state index in [2.05, 4.69) is 4.98 Å². The van der Waals surface area contributed by atoms with Crippen LogP contribution in [0.4, 0.5) is 17.1 Å². The summed E-state index contributed by atoms with van der Waals surface area (Å²) in [5, 5.41) is 67.1. The molecule has 1 aromatic heterocycles. The minimum absolute atomic E-state index is 0.0121. The molecule has 0 saturated carbocycles. The molecule has 14 heteroatoms. The Bertz CT molecular complexity index is 1200. The van der Waals surface area contributed by atoms with Crippen molar-refractivity contribution in [2.45, 2.75) is 0 Å². The molecule has 0 fully saturated rings. The summed E-state index contributed by atoms with van der Waals surface area (Å²) in [4.78, 5) is 14.5. The lowest BCUT2D eigenvalue weighted by Crippen LogP contribution is -3.01. The highest BCUT2D eigenvalue weighted by Crippen LogP contribution is 2.24. The van der Waals surface area contributed by atoms with Crippen LogP contribution in [-0.4, -0.2) is 36.2 Å². The Hall–Kier alpha value is -3.02. The topological polar surface area (TPSA) is 201 Å². The lowest BCUT2D eigenvalue weighted by Gasteiger charge is -2.19. The molecule has 0 spiro atoms. The third kappa shape index (κ3) is 4.13. The maximum atomic E-state index is 11.6. The van der Waals surface area contributed by atoms with Crippen LogP contribution in [0.3, 0.4) is 0 Å². The lowest BCUT2D eigenvalue weighted by atomic mass is 10.0. The molecular formula is C16H15N5O8S. The smallest absolute Gasteiger partial charge is 0.336 e. The van der Waals surface area contributed by atoms with Gasteiger partial charge < -0.3 is 25.7 Å². The van der Waals surface area contributed by atoms with E-state index in [-0.39, 0.29) is 16.0 Å². The monoisotopic (exact) mass is 437 g/mol. The number of rotatable bonds is 6. The highest BCUT2D eigenvalue weighted by atomic mass is 32.1. The van der Waals surface area contributed by atoms with Gasteiger partial charge in [-0.1, -0.05) is 0 Å². The standard InChI is InChI=1S/C16H15N5O8S/c22-15(23)11-5-9(20(26)27)7-13(21(28)29)10(11)3-4-18-14-6-8(19(24)25)1-2-12(14)17-16(18)30/h1-7,19-21,24,26,28H,(H,17,30)(H,22,23)/b4-3+. The van der Waals surface area contributed by atoms with Crippen LogP contribution in [0, 0.1) is 20.4 Å². The number of carboxylic acids is 1. The first kappa shape index (κ1) is 21.7. The molecule has 2 aromatic carbocycles. The summed E-state index contributed by atoms with van der Waals surface area (Å²) < 4.78 is 1.50. The number of hydrogen-bond acceptors (Lipinski definition) is 8. The molecular weight excluding hydrogens is 422 g/mol. The maximum absolute atomic E-state index is 11.6. The minimum Gasteiger partial charge on any atom is -0.595 e. The Labute approximate surface area is 171 Å². The second-order valence-electron chi connectivity index (χ2n) is 6.05. The van der Waals surface area contributed by atoms with Gasteiger partial charge in [0.15, 0.2) is 21.8 Å². The highest BCUT2D eigenvalue weighted by Gasteiger charge is 2.21. The summed E-state index contributed by atoms with van der Waals surface area (Å²) in [6.07, 6.45) is 2.44. The van der Waals surface area contributed by atoms with E-state index in [1.807, 2.05) is 0 Å². The molecule has 0 aliphatic rings. The van der Waals surface area contributed by atoms with Gasteiger partial charge in [0.05, 0.1) is 28.2 Å². The third-order valence-corrected chi connectivity index (χ3v) is 4.54. The molecule has 3 rings (SSSR count). The van der Waals surface area contributed by atoms with Gasteiger partial charge in [-0.2, -0.15) is 15.7 Å². The number of imidazole rings is 1. The summed E-state index contributed by atoms with van der Waals surface area (Å²) in [6, 6.07) is 5.94. The van der Waals surface area contributed by atoms with Gasteiger partial charge in [-0.25, -0.2) is 20.4 Å². The molecule has 8 N–H and O–H groups in total.